The average Bonchev–Trinajstić information content (AvgIpc) is 3.15. The van der Waals surface area contributed by atoms with Crippen molar-refractivity contribution in [2.45, 2.75) is 57.0 Å². The highest BCUT2D eigenvalue weighted by atomic mass is 32.1. The molecule has 0 N–H and O–H groups in total. The van der Waals surface area contributed by atoms with Gasteiger partial charge in [-0.25, -0.2) is 0 Å². The van der Waals surface area contributed by atoms with E-state index in [0.29, 0.717) is 5.91 Å². The summed E-state index contributed by atoms with van der Waals surface area (Å²) >= 11 is 1.67. The Balaban J connectivity index is 1.46. The molecule has 0 bridgehead atoms. The number of hydrogen-bond donors (Lipinski definition) is 0. The van der Waals surface area contributed by atoms with Crippen LogP contribution in [-0.4, -0.2) is 45.9 Å². The number of carbonyl (C=O) groups excluding carboxylic acids is 1. The van der Waals surface area contributed by atoms with Crippen LogP contribution in [0.4, 0.5) is 0 Å². The van der Waals surface area contributed by atoms with Crippen LogP contribution in [0, 0.1) is 5.92 Å². The van der Waals surface area contributed by atoms with Crippen molar-refractivity contribution in [3.63, 3.8) is 0 Å². The van der Waals surface area contributed by atoms with Crippen LogP contribution in [-0.2, 0) is 11.3 Å². The molecule has 1 saturated carbocycles. The smallest absolute Gasteiger partial charge is 0.223 e. The van der Waals surface area contributed by atoms with Gasteiger partial charge in [0.2, 0.25) is 5.91 Å². The van der Waals surface area contributed by atoms with E-state index in [4.69, 9.17) is 0 Å². The molecular formula is C17H25N3OS. The van der Waals surface area contributed by atoms with Crippen molar-refractivity contribution >= 4 is 17.2 Å². The number of aromatic nitrogens is 1. The van der Waals surface area contributed by atoms with Crippen molar-refractivity contribution in [2.75, 3.05) is 19.6 Å². The highest BCUT2D eigenvalue weighted by Crippen LogP contribution is 2.41. The van der Waals surface area contributed by atoms with E-state index in [1.807, 2.05) is 11.7 Å². The van der Waals surface area contributed by atoms with Gasteiger partial charge in [0.1, 0.15) is 0 Å². The first-order chi connectivity index (χ1) is 10.8. The molecule has 5 heteroatoms. The Morgan fingerprint density at radius 3 is 2.95 bits per heavy atom. The maximum Gasteiger partial charge on any atom is 0.223 e. The third kappa shape index (κ3) is 2.93. The maximum absolute atomic E-state index is 12.5. The SMILES string of the molecule is O=C1CC[C@]2(CCCN(CC3CC3)CC2)N1Cc1cncs1. The number of carbonyl (C=O) groups is 1. The van der Waals surface area contributed by atoms with Crippen LogP contribution in [0.25, 0.3) is 0 Å². The molecule has 1 amide bonds. The summed E-state index contributed by atoms with van der Waals surface area (Å²) in [5.74, 6) is 1.32. The van der Waals surface area contributed by atoms with Crippen molar-refractivity contribution in [3.05, 3.63) is 16.6 Å². The Hall–Kier alpha value is -0.940. The number of likely N-dealkylation sites (tertiary alicyclic amines) is 2. The van der Waals surface area contributed by atoms with Gasteiger partial charge in [0.25, 0.3) is 0 Å². The van der Waals surface area contributed by atoms with Gasteiger partial charge in [-0.05, 0) is 51.0 Å². The molecule has 1 aromatic rings. The molecule has 1 aromatic heterocycles. The lowest BCUT2D eigenvalue weighted by Gasteiger charge is -2.38. The zero-order valence-corrected chi connectivity index (χ0v) is 14.0. The Morgan fingerprint density at radius 2 is 2.18 bits per heavy atom. The first-order valence-corrected chi connectivity index (χ1v) is 9.53. The predicted molar refractivity (Wildman–Crippen MR) is 87.6 cm³/mol. The van der Waals surface area contributed by atoms with E-state index in [9.17, 15) is 4.79 Å². The van der Waals surface area contributed by atoms with Crippen LogP contribution in [0.15, 0.2) is 11.7 Å². The van der Waals surface area contributed by atoms with Crippen molar-refractivity contribution in [2.24, 2.45) is 5.92 Å². The molecule has 0 radical (unpaired) electrons. The van der Waals surface area contributed by atoms with Gasteiger partial charge in [-0.1, -0.05) is 0 Å². The first-order valence-electron chi connectivity index (χ1n) is 8.65. The van der Waals surface area contributed by atoms with Crippen molar-refractivity contribution < 1.29 is 4.79 Å². The minimum atomic E-state index is 0.124. The second-order valence-electron chi connectivity index (χ2n) is 7.27. The van der Waals surface area contributed by atoms with Gasteiger partial charge < -0.3 is 9.80 Å². The summed E-state index contributed by atoms with van der Waals surface area (Å²) < 4.78 is 0. The maximum atomic E-state index is 12.5. The van der Waals surface area contributed by atoms with Gasteiger partial charge in [0.05, 0.1) is 12.1 Å². The molecular weight excluding hydrogens is 294 g/mol. The summed E-state index contributed by atoms with van der Waals surface area (Å²) in [5, 5.41) is 0. The molecule has 0 aromatic carbocycles. The fraction of sp³-hybridized carbons (Fsp3) is 0.765. The second-order valence-corrected chi connectivity index (χ2v) is 8.24. The second kappa shape index (κ2) is 5.93. The van der Waals surface area contributed by atoms with Crippen LogP contribution < -0.4 is 0 Å². The average molecular weight is 319 g/mol. The summed E-state index contributed by atoms with van der Waals surface area (Å²) in [6.07, 6.45) is 10.1. The Bertz CT molecular complexity index is 528. The van der Waals surface area contributed by atoms with E-state index in [-0.39, 0.29) is 5.54 Å². The molecule has 4 rings (SSSR count). The Morgan fingerprint density at radius 1 is 1.27 bits per heavy atom. The molecule has 1 aliphatic carbocycles. The molecule has 1 spiro atoms. The quantitative estimate of drug-likeness (QED) is 0.856. The summed E-state index contributed by atoms with van der Waals surface area (Å²) in [4.78, 5) is 22.7. The van der Waals surface area contributed by atoms with E-state index in [0.717, 1.165) is 31.7 Å². The molecule has 4 nitrogen and oxygen atoms in total. The molecule has 2 saturated heterocycles. The molecule has 3 aliphatic rings. The number of rotatable bonds is 4. The highest BCUT2D eigenvalue weighted by molar-refractivity contribution is 7.09. The van der Waals surface area contributed by atoms with E-state index >= 15 is 0 Å². The van der Waals surface area contributed by atoms with Crippen LogP contribution in [0.3, 0.4) is 0 Å². The van der Waals surface area contributed by atoms with E-state index in [1.165, 1.54) is 50.2 Å². The Kier molecular flexibility index (Phi) is 3.95. The molecule has 2 aliphatic heterocycles. The van der Waals surface area contributed by atoms with Crippen LogP contribution in [0.1, 0.15) is 49.8 Å². The largest absolute Gasteiger partial charge is 0.332 e. The van der Waals surface area contributed by atoms with E-state index < -0.39 is 0 Å². The minimum absolute atomic E-state index is 0.124. The van der Waals surface area contributed by atoms with Crippen LogP contribution in [0.2, 0.25) is 0 Å². The molecule has 3 heterocycles. The fourth-order valence-electron chi connectivity index (χ4n) is 4.21. The summed E-state index contributed by atoms with van der Waals surface area (Å²) in [6, 6.07) is 0. The van der Waals surface area contributed by atoms with Crippen LogP contribution in [0.5, 0.6) is 0 Å². The molecule has 1 atom stereocenters. The number of thiazole rings is 1. The van der Waals surface area contributed by atoms with Crippen molar-refractivity contribution in [1.29, 1.82) is 0 Å². The monoisotopic (exact) mass is 319 g/mol. The topological polar surface area (TPSA) is 36.4 Å². The van der Waals surface area contributed by atoms with Crippen molar-refractivity contribution in [1.82, 2.24) is 14.8 Å². The van der Waals surface area contributed by atoms with Gasteiger partial charge in [-0.2, -0.15) is 0 Å². The third-order valence-electron chi connectivity index (χ3n) is 5.70. The van der Waals surface area contributed by atoms with Crippen LogP contribution >= 0.6 is 11.3 Å². The predicted octanol–water partition coefficient (Wildman–Crippen LogP) is 2.90. The normalized spacial score (nSPS) is 30.2. The third-order valence-corrected chi connectivity index (χ3v) is 6.46. The first kappa shape index (κ1) is 14.6. The molecule has 0 unspecified atom stereocenters. The lowest BCUT2D eigenvalue weighted by atomic mass is 9.87. The molecule has 22 heavy (non-hydrogen) atoms. The lowest BCUT2D eigenvalue weighted by Crippen LogP contribution is -2.45. The lowest BCUT2D eigenvalue weighted by molar-refractivity contribution is -0.132. The highest BCUT2D eigenvalue weighted by Gasteiger charge is 2.45. The molecule has 3 fully saturated rings. The van der Waals surface area contributed by atoms with Gasteiger partial charge in [-0.3, -0.25) is 9.78 Å². The van der Waals surface area contributed by atoms with E-state index in [2.05, 4.69) is 14.8 Å². The van der Waals surface area contributed by atoms with Gasteiger partial charge in [0.15, 0.2) is 0 Å². The summed E-state index contributed by atoms with van der Waals surface area (Å²) in [7, 11) is 0. The molecule has 120 valence electrons. The minimum Gasteiger partial charge on any atom is -0.332 e. The summed E-state index contributed by atoms with van der Waals surface area (Å²) in [6.45, 7) is 4.45. The van der Waals surface area contributed by atoms with Gasteiger partial charge in [0, 0.05) is 36.1 Å². The van der Waals surface area contributed by atoms with E-state index in [1.54, 1.807) is 11.3 Å². The Labute approximate surface area is 136 Å². The summed E-state index contributed by atoms with van der Waals surface area (Å²) in [5.41, 5.74) is 1.99. The number of hydrogen-bond acceptors (Lipinski definition) is 4. The van der Waals surface area contributed by atoms with Gasteiger partial charge >= 0.3 is 0 Å². The standard InChI is InChI=1S/C17H25N3OS/c21-16-4-6-17(20(16)12-15-10-18-13-22-15)5-1-8-19(9-7-17)11-14-2-3-14/h10,13-14H,1-9,11-12H2/t17-/m0/s1. The van der Waals surface area contributed by atoms with Crippen molar-refractivity contribution in [3.8, 4) is 0 Å². The number of nitrogens with zero attached hydrogens (tertiary/aromatic N) is 3. The number of amides is 1. The zero-order chi connectivity index (χ0) is 15.0. The zero-order valence-electron chi connectivity index (χ0n) is 13.2. The van der Waals surface area contributed by atoms with Gasteiger partial charge in [-0.15, -0.1) is 11.3 Å². The fourth-order valence-corrected chi connectivity index (χ4v) is 4.79.